The first-order chi connectivity index (χ1) is 14.1. The molecule has 0 atom stereocenters. The zero-order valence-corrected chi connectivity index (χ0v) is 16.8. The van der Waals surface area contributed by atoms with E-state index in [1.54, 1.807) is 0 Å². The molecule has 0 aliphatic rings. The van der Waals surface area contributed by atoms with Crippen LogP contribution in [0.3, 0.4) is 0 Å². The molecule has 0 spiro atoms. The Morgan fingerprint density at radius 3 is 1.41 bits per heavy atom. The van der Waals surface area contributed by atoms with Crippen LogP contribution >= 0.6 is 0 Å². The van der Waals surface area contributed by atoms with Crippen LogP contribution in [0.5, 0.6) is 0 Å². The fourth-order valence-corrected chi connectivity index (χ4v) is 2.52. The summed E-state index contributed by atoms with van der Waals surface area (Å²) in [6.07, 6.45) is 0.632. The second kappa shape index (κ2) is 12.2. The molecule has 0 radical (unpaired) electrons. The van der Waals surface area contributed by atoms with Crippen molar-refractivity contribution < 1.29 is 19.1 Å². The van der Waals surface area contributed by atoms with Crippen molar-refractivity contribution in [3.63, 3.8) is 0 Å². The summed E-state index contributed by atoms with van der Waals surface area (Å²) >= 11 is 0. The topological polar surface area (TPSA) is 77.3 Å². The lowest BCUT2D eigenvalue weighted by atomic mass is 10.2. The van der Waals surface area contributed by atoms with Gasteiger partial charge in [0, 0.05) is 24.0 Å². The van der Waals surface area contributed by atoms with Crippen molar-refractivity contribution in [3.05, 3.63) is 71.8 Å². The van der Waals surface area contributed by atoms with Crippen molar-refractivity contribution in [3.8, 4) is 0 Å². The van der Waals surface area contributed by atoms with Gasteiger partial charge < -0.3 is 9.47 Å². The van der Waals surface area contributed by atoms with Gasteiger partial charge in [-0.05, 0) is 44.5 Å². The summed E-state index contributed by atoms with van der Waals surface area (Å²) in [6.45, 7) is 4.49. The fraction of sp³-hybridized carbons (Fsp3) is 0.304. The van der Waals surface area contributed by atoms with Gasteiger partial charge in [-0.25, -0.2) is 0 Å². The molecule has 2 rings (SSSR count). The van der Waals surface area contributed by atoms with E-state index in [-0.39, 0.29) is 24.7 Å². The molecule has 152 valence electrons. The largest absolute Gasteiger partial charge is 0.477 e. The number of ether oxygens (including phenoxy) is 2. The number of rotatable bonds is 8. The molecule has 0 bridgehead atoms. The average molecular weight is 394 g/mol. The van der Waals surface area contributed by atoms with Crippen molar-refractivity contribution in [1.29, 1.82) is 0 Å². The third-order valence-corrected chi connectivity index (χ3v) is 3.84. The zero-order valence-electron chi connectivity index (χ0n) is 16.8. The standard InChI is InChI=1S/C23H26N2O4/c1-3-28-22(18-12-7-5-8-13-18)24-20(26)16-11-17-21(27)25-23(29-4-2)19-14-9-6-10-15-19/h5-10,12-15H,3-4,11,16-17H2,1-2H3. The van der Waals surface area contributed by atoms with Crippen LogP contribution in [-0.4, -0.2) is 36.8 Å². The molecular weight excluding hydrogens is 368 g/mol. The highest BCUT2D eigenvalue weighted by Crippen LogP contribution is 2.08. The third-order valence-electron chi connectivity index (χ3n) is 3.84. The van der Waals surface area contributed by atoms with Gasteiger partial charge in [0.15, 0.2) is 0 Å². The number of amides is 2. The van der Waals surface area contributed by atoms with Gasteiger partial charge in [0.1, 0.15) is 0 Å². The van der Waals surface area contributed by atoms with E-state index in [0.717, 1.165) is 11.1 Å². The fourth-order valence-electron chi connectivity index (χ4n) is 2.52. The minimum absolute atomic E-state index is 0.139. The molecule has 0 saturated heterocycles. The predicted molar refractivity (Wildman–Crippen MR) is 113 cm³/mol. The summed E-state index contributed by atoms with van der Waals surface area (Å²) in [5, 5.41) is 0. The third kappa shape index (κ3) is 7.70. The first kappa shape index (κ1) is 22.0. The van der Waals surface area contributed by atoms with E-state index in [1.165, 1.54) is 0 Å². The number of hydrogen-bond acceptors (Lipinski definition) is 4. The molecule has 6 nitrogen and oxygen atoms in total. The Morgan fingerprint density at radius 2 is 1.07 bits per heavy atom. The van der Waals surface area contributed by atoms with Gasteiger partial charge in [-0.2, -0.15) is 9.98 Å². The van der Waals surface area contributed by atoms with Crippen LogP contribution in [0.2, 0.25) is 0 Å². The van der Waals surface area contributed by atoms with Crippen molar-refractivity contribution in [2.75, 3.05) is 13.2 Å². The van der Waals surface area contributed by atoms with Crippen LogP contribution in [0.25, 0.3) is 0 Å². The number of carbonyl (C=O) groups is 2. The summed E-state index contributed by atoms with van der Waals surface area (Å²) in [4.78, 5) is 32.5. The molecule has 2 amide bonds. The van der Waals surface area contributed by atoms with E-state index >= 15 is 0 Å². The molecule has 0 N–H and O–H groups in total. The molecule has 2 aromatic carbocycles. The molecule has 29 heavy (non-hydrogen) atoms. The molecule has 0 aromatic heterocycles. The highest BCUT2D eigenvalue weighted by atomic mass is 16.5. The maximum Gasteiger partial charge on any atom is 0.248 e. The van der Waals surface area contributed by atoms with Crippen molar-refractivity contribution in [2.24, 2.45) is 9.98 Å². The summed E-state index contributed by atoms with van der Waals surface area (Å²) in [5.41, 5.74) is 1.49. The minimum Gasteiger partial charge on any atom is -0.477 e. The molecular formula is C23H26N2O4. The van der Waals surface area contributed by atoms with E-state index in [0.29, 0.717) is 31.4 Å². The Kier molecular flexibility index (Phi) is 9.29. The normalized spacial score (nSPS) is 11.8. The second-order valence-electron chi connectivity index (χ2n) is 6.07. The lowest BCUT2D eigenvalue weighted by molar-refractivity contribution is -0.119. The van der Waals surface area contributed by atoms with Crippen LogP contribution in [-0.2, 0) is 19.1 Å². The summed E-state index contributed by atoms with van der Waals surface area (Å²) < 4.78 is 11.0. The molecule has 0 fully saturated rings. The predicted octanol–water partition coefficient (Wildman–Crippen LogP) is 4.18. The highest BCUT2D eigenvalue weighted by Gasteiger charge is 2.11. The van der Waals surface area contributed by atoms with Gasteiger partial charge in [0.05, 0.1) is 13.2 Å². The van der Waals surface area contributed by atoms with Gasteiger partial charge in [0.25, 0.3) is 0 Å². The SMILES string of the molecule is CCOC(=NC(=O)CCCC(=O)N=C(OCC)c1ccccc1)c1ccccc1. The second-order valence-corrected chi connectivity index (χ2v) is 6.07. The summed E-state index contributed by atoms with van der Waals surface area (Å²) in [7, 11) is 0. The Balaban J connectivity index is 1.93. The Morgan fingerprint density at radius 1 is 0.690 bits per heavy atom. The quantitative estimate of drug-likeness (QED) is 0.497. The first-order valence-corrected chi connectivity index (χ1v) is 9.73. The van der Waals surface area contributed by atoms with E-state index in [1.807, 2.05) is 74.5 Å². The molecule has 0 unspecified atom stereocenters. The molecule has 0 saturated carbocycles. The van der Waals surface area contributed by atoms with Gasteiger partial charge >= 0.3 is 0 Å². The van der Waals surface area contributed by atoms with Crippen LogP contribution in [0.4, 0.5) is 0 Å². The van der Waals surface area contributed by atoms with Crippen molar-refractivity contribution in [1.82, 2.24) is 0 Å². The smallest absolute Gasteiger partial charge is 0.248 e. The summed E-state index contributed by atoms with van der Waals surface area (Å²) in [6, 6.07) is 18.5. The van der Waals surface area contributed by atoms with Gasteiger partial charge in [-0.3, -0.25) is 9.59 Å². The van der Waals surface area contributed by atoms with Gasteiger partial charge in [-0.1, -0.05) is 36.4 Å². The van der Waals surface area contributed by atoms with Crippen LogP contribution in [0, 0.1) is 0 Å². The highest BCUT2D eigenvalue weighted by molar-refractivity contribution is 6.02. The van der Waals surface area contributed by atoms with E-state index in [4.69, 9.17) is 9.47 Å². The maximum absolute atomic E-state index is 12.2. The Bertz CT molecular complexity index is 774. The van der Waals surface area contributed by atoms with Crippen LogP contribution < -0.4 is 0 Å². The first-order valence-electron chi connectivity index (χ1n) is 9.73. The number of aliphatic imine (C=N–C) groups is 2. The number of nitrogens with zero attached hydrogens (tertiary/aromatic N) is 2. The monoisotopic (exact) mass is 394 g/mol. The van der Waals surface area contributed by atoms with Crippen LogP contribution in [0.1, 0.15) is 44.2 Å². The van der Waals surface area contributed by atoms with Gasteiger partial charge in [-0.15, -0.1) is 0 Å². The molecule has 0 heterocycles. The van der Waals surface area contributed by atoms with E-state index < -0.39 is 0 Å². The van der Waals surface area contributed by atoms with Crippen molar-refractivity contribution in [2.45, 2.75) is 33.1 Å². The Labute approximate surface area is 171 Å². The van der Waals surface area contributed by atoms with Crippen LogP contribution in [0.15, 0.2) is 70.6 Å². The van der Waals surface area contributed by atoms with E-state index in [9.17, 15) is 9.59 Å². The summed E-state index contributed by atoms with van der Waals surface area (Å²) in [5.74, 6) is -0.0698. The maximum atomic E-state index is 12.2. The average Bonchev–Trinajstić information content (AvgIpc) is 2.74. The lowest BCUT2D eigenvalue weighted by Crippen LogP contribution is -2.11. The number of hydrogen-bond donors (Lipinski definition) is 0. The minimum atomic E-state index is -0.331. The molecule has 0 aliphatic carbocycles. The van der Waals surface area contributed by atoms with Gasteiger partial charge in [0.2, 0.25) is 23.6 Å². The number of carbonyl (C=O) groups excluding carboxylic acids is 2. The molecule has 6 heteroatoms. The van der Waals surface area contributed by atoms with Crippen molar-refractivity contribution >= 4 is 23.6 Å². The number of benzene rings is 2. The lowest BCUT2D eigenvalue weighted by Gasteiger charge is -2.07. The molecule has 2 aromatic rings. The zero-order chi connectivity index (χ0) is 20.9. The Hall–Kier alpha value is -3.28. The molecule has 0 aliphatic heterocycles. The van der Waals surface area contributed by atoms with E-state index in [2.05, 4.69) is 9.98 Å².